The number of rotatable bonds is 4. The van der Waals surface area contributed by atoms with Gasteiger partial charge in [-0.25, -0.2) is 0 Å². The number of hydrogen-bond acceptors (Lipinski definition) is 2. The first-order valence-corrected chi connectivity index (χ1v) is 7.16. The fourth-order valence-corrected chi connectivity index (χ4v) is 2.43. The van der Waals surface area contributed by atoms with Crippen LogP contribution in [-0.4, -0.2) is 11.7 Å². The third kappa shape index (κ3) is 3.72. The molecule has 2 aromatic carbocycles. The Kier molecular flexibility index (Phi) is 4.86. The van der Waals surface area contributed by atoms with Gasteiger partial charge in [0.25, 0.3) is 0 Å². The fourth-order valence-electron chi connectivity index (χ4n) is 1.84. The van der Waals surface area contributed by atoms with Gasteiger partial charge in [-0.05, 0) is 42.3 Å². The maximum Gasteiger partial charge on any atom is 0.0745 e. The molecule has 0 spiro atoms. The summed E-state index contributed by atoms with van der Waals surface area (Å²) in [5.41, 5.74) is 3.09. The molecule has 1 atom stereocenters. The SMILES string of the molecule is Cc1ccc(C(CO)Nc2cccc(Cl)c2)cc1Br. The van der Waals surface area contributed by atoms with E-state index in [4.69, 9.17) is 11.6 Å². The Hall–Kier alpha value is -1.03. The second-order valence-corrected chi connectivity index (χ2v) is 5.69. The predicted octanol–water partition coefficient (Wildman–Crippen LogP) is 4.56. The highest BCUT2D eigenvalue weighted by Gasteiger charge is 2.11. The molecular weight excluding hydrogens is 326 g/mol. The van der Waals surface area contributed by atoms with Gasteiger partial charge >= 0.3 is 0 Å². The molecule has 4 heteroatoms. The van der Waals surface area contributed by atoms with Crippen molar-refractivity contribution in [1.29, 1.82) is 0 Å². The summed E-state index contributed by atoms with van der Waals surface area (Å²) < 4.78 is 1.04. The van der Waals surface area contributed by atoms with Crippen LogP contribution in [0.2, 0.25) is 5.02 Å². The zero-order valence-corrected chi connectivity index (χ0v) is 12.9. The number of benzene rings is 2. The molecule has 100 valence electrons. The molecule has 0 amide bonds. The van der Waals surface area contributed by atoms with E-state index < -0.39 is 0 Å². The number of aliphatic hydroxyl groups excluding tert-OH is 1. The van der Waals surface area contributed by atoms with Crippen LogP contribution in [0.4, 0.5) is 5.69 Å². The van der Waals surface area contributed by atoms with Crippen LogP contribution >= 0.6 is 27.5 Å². The molecular formula is C15H15BrClNO. The summed E-state index contributed by atoms with van der Waals surface area (Å²) in [6, 6.07) is 13.4. The highest BCUT2D eigenvalue weighted by Crippen LogP contribution is 2.25. The molecule has 0 heterocycles. The quantitative estimate of drug-likeness (QED) is 0.855. The summed E-state index contributed by atoms with van der Waals surface area (Å²) in [6.07, 6.45) is 0. The van der Waals surface area contributed by atoms with Crippen molar-refractivity contribution in [2.24, 2.45) is 0 Å². The lowest BCUT2D eigenvalue weighted by Gasteiger charge is -2.19. The summed E-state index contributed by atoms with van der Waals surface area (Å²) in [7, 11) is 0. The first kappa shape index (κ1) is 14.4. The molecule has 0 aromatic heterocycles. The van der Waals surface area contributed by atoms with Gasteiger partial charge in [-0.1, -0.05) is 45.7 Å². The molecule has 2 rings (SSSR count). The summed E-state index contributed by atoms with van der Waals surface area (Å²) in [4.78, 5) is 0. The lowest BCUT2D eigenvalue weighted by Crippen LogP contribution is -2.14. The Morgan fingerprint density at radius 2 is 2.05 bits per heavy atom. The Bertz CT molecular complexity index is 574. The summed E-state index contributed by atoms with van der Waals surface area (Å²) in [5, 5.41) is 13.5. The van der Waals surface area contributed by atoms with Gasteiger partial charge in [-0.15, -0.1) is 0 Å². The lowest BCUT2D eigenvalue weighted by atomic mass is 10.1. The molecule has 2 nitrogen and oxygen atoms in total. The summed E-state index contributed by atoms with van der Waals surface area (Å²) >= 11 is 9.46. The molecule has 0 fully saturated rings. The van der Waals surface area contributed by atoms with Crippen molar-refractivity contribution in [3.8, 4) is 0 Å². The topological polar surface area (TPSA) is 32.3 Å². The van der Waals surface area contributed by atoms with Crippen LogP contribution in [0, 0.1) is 6.92 Å². The van der Waals surface area contributed by atoms with Gasteiger partial charge in [0.2, 0.25) is 0 Å². The van der Waals surface area contributed by atoms with E-state index in [9.17, 15) is 5.11 Å². The van der Waals surface area contributed by atoms with Gasteiger partial charge in [0.05, 0.1) is 12.6 Å². The van der Waals surface area contributed by atoms with Crippen LogP contribution < -0.4 is 5.32 Å². The van der Waals surface area contributed by atoms with Gasteiger partial charge in [0, 0.05) is 15.2 Å². The van der Waals surface area contributed by atoms with E-state index in [1.54, 1.807) is 0 Å². The third-order valence-electron chi connectivity index (χ3n) is 2.95. The van der Waals surface area contributed by atoms with Crippen LogP contribution in [0.25, 0.3) is 0 Å². The van der Waals surface area contributed by atoms with Crippen molar-refractivity contribution < 1.29 is 5.11 Å². The van der Waals surface area contributed by atoms with Crippen LogP contribution in [0.3, 0.4) is 0 Å². The van der Waals surface area contributed by atoms with E-state index in [0.717, 1.165) is 15.7 Å². The second kappa shape index (κ2) is 6.42. The Balaban J connectivity index is 2.22. The van der Waals surface area contributed by atoms with E-state index in [2.05, 4.69) is 21.2 Å². The fraction of sp³-hybridized carbons (Fsp3) is 0.200. The van der Waals surface area contributed by atoms with Gasteiger partial charge in [0.1, 0.15) is 0 Å². The third-order valence-corrected chi connectivity index (χ3v) is 4.04. The molecule has 0 saturated heterocycles. The molecule has 0 radical (unpaired) electrons. The maximum absolute atomic E-state index is 9.56. The largest absolute Gasteiger partial charge is 0.394 e. The molecule has 0 bridgehead atoms. The first-order chi connectivity index (χ1) is 9.10. The zero-order valence-electron chi connectivity index (χ0n) is 10.5. The normalized spacial score (nSPS) is 12.2. The number of aryl methyl sites for hydroxylation is 1. The molecule has 0 saturated carbocycles. The average Bonchev–Trinajstić information content (AvgIpc) is 2.39. The molecule has 0 aliphatic carbocycles. The van der Waals surface area contributed by atoms with Crippen molar-refractivity contribution in [2.45, 2.75) is 13.0 Å². The number of hydrogen-bond donors (Lipinski definition) is 2. The predicted molar refractivity (Wildman–Crippen MR) is 83.8 cm³/mol. The summed E-state index contributed by atoms with van der Waals surface area (Å²) in [5.74, 6) is 0. The maximum atomic E-state index is 9.56. The first-order valence-electron chi connectivity index (χ1n) is 5.99. The Morgan fingerprint density at radius 1 is 1.26 bits per heavy atom. The Morgan fingerprint density at radius 3 is 2.68 bits per heavy atom. The minimum Gasteiger partial charge on any atom is -0.394 e. The van der Waals surface area contributed by atoms with Gasteiger partial charge in [-0.3, -0.25) is 0 Å². The molecule has 2 aromatic rings. The van der Waals surface area contributed by atoms with Crippen molar-refractivity contribution in [1.82, 2.24) is 0 Å². The Labute approximate surface area is 126 Å². The standard InChI is InChI=1S/C15H15BrClNO/c1-10-5-6-11(7-14(10)16)15(9-19)18-13-4-2-3-12(17)8-13/h2-8,15,18-19H,9H2,1H3. The number of halogens is 2. The number of nitrogens with one attached hydrogen (secondary N) is 1. The van der Waals surface area contributed by atoms with Crippen LogP contribution in [0.15, 0.2) is 46.9 Å². The van der Waals surface area contributed by atoms with Crippen molar-refractivity contribution in [3.63, 3.8) is 0 Å². The van der Waals surface area contributed by atoms with Crippen molar-refractivity contribution in [3.05, 3.63) is 63.1 Å². The lowest BCUT2D eigenvalue weighted by molar-refractivity contribution is 0.276. The van der Waals surface area contributed by atoms with Crippen LogP contribution in [-0.2, 0) is 0 Å². The minimum atomic E-state index is -0.157. The second-order valence-electron chi connectivity index (χ2n) is 4.40. The van der Waals surface area contributed by atoms with Crippen LogP contribution in [0.1, 0.15) is 17.2 Å². The smallest absolute Gasteiger partial charge is 0.0745 e. The van der Waals surface area contributed by atoms with Gasteiger partial charge < -0.3 is 10.4 Å². The molecule has 2 N–H and O–H groups in total. The molecule has 1 unspecified atom stereocenters. The number of anilines is 1. The van der Waals surface area contributed by atoms with Gasteiger partial charge in [-0.2, -0.15) is 0 Å². The number of aliphatic hydroxyl groups is 1. The van der Waals surface area contributed by atoms with E-state index >= 15 is 0 Å². The van der Waals surface area contributed by atoms with E-state index in [1.807, 2.05) is 49.4 Å². The van der Waals surface area contributed by atoms with E-state index in [0.29, 0.717) is 5.02 Å². The minimum absolute atomic E-state index is 0.0159. The van der Waals surface area contributed by atoms with E-state index in [-0.39, 0.29) is 12.6 Å². The molecule has 0 aliphatic heterocycles. The molecule has 19 heavy (non-hydrogen) atoms. The zero-order chi connectivity index (χ0) is 13.8. The molecule has 0 aliphatic rings. The highest BCUT2D eigenvalue weighted by atomic mass is 79.9. The van der Waals surface area contributed by atoms with Crippen molar-refractivity contribution >= 4 is 33.2 Å². The monoisotopic (exact) mass is 339 g/mol. The van der Waals surface area contributed by atoms with Crippen LogP contribution in [0.5, 0.6) is 0 Å². The average molecular weight is 341 g/mol. The van der Waals surface area contributed by atoms with Crippen molar-refractivity contribution in [2.75, 3.05) is 11.9 Å². The van der Waals surface area contributed by atoms with Gasteiger partial charge in [0.15, 0.2) is 0 Å². The highest BCUT2D eigenvalue weighted by molar-refractivity contribution is 9.10. The summed E-state index contributed by atoms with van der Waals surface area (Å²) in [6.45, 7) is 2.05. The van der Waals surface area contributed by atoms with E-state index in [1.165, 1.54) is 5.56 Å².